The van der Waals surface area contributed by atoms with Crippen LogP contribution >= 0.6 is 0 Å². The van der Waals surface area contributed by atoms with Crippen LogP contribution < -0.4 is 5.32 Å². The molecule has 0 spiro atoms. The SMILES string of the molecule is O=C(NC1CCCCC1)OCc1c(F)c(F)c(F)c(F)c1F. The van der Waals surface area contributed by atoms with E-state index in [0.717, 1.165) is 32.1 Å². The summed E-state index contributed by atoms with van der Waals surface area (Å²) in [7, 11) is 0. The van der Waals surface area contributed by atoms with Gasteiger partial charge in [0.25, 0.3) is 0 Å². The highest BCUT2D eigenvalue weighted by molar-refractivity contribution is 5.67. The number of benzene rings is 1. The molecule has 3 nitrogen and oxygen atoms in total. The van der Waals surface area contributed by atoms with Crippen LogP contribution in [0, 0.1) is 29.1 Å². The molecule has 22 heavy (non-hydrogen) atoms. The zero-order valence-corrected chi connectivity index (χ0v) is 11.5. The molecule has 1 amide bonds. The standard InChI is InChI=1S/C14H14F5NO2/c15-9-8(10(16)12(18)13(19)11(9)17)6-22-14(21)20-7-4-2-1-3-5-7/h7H,1-6H2,(H,20,21). The maximum Gasteiger partial charge on any atom is 0.407 e. The summed E-state index contributed by atoms with van der Waals surface area (Å²) in [5.74, 6) is -10.4. The lowest BCUT2D eigenvalue weighted by atomic mass is 9.96. The summed E-state index contributed by atoms with van der Waals surface area (Å²) in [4.78, 5) is 11.5. The van der Waals surface area contributed by atoms with Crippen LogP contribution in [0.1, 0.15) is 37.7 Å². The van der Waals surface area contributed by atoms with E-state index in [0.29, 0.717) is 0 Å². The van der Waals surface area contributed by atoms with E-state index in [-0.39, 0.29) is 6.04 Å². The lowest BCUT2D eigenvalue weighted by molar-refractivity contribution is 0.129. The van der Waals surface area contributed by atoms with Gasteiger partial charge in [0.05, 0.1) is 5.56 Å². The molecule has 0 aliphatic heterocycles. The summed E-state index contributed by atoms with van der Waals surface area (Å²) in [5.41, 5.74) is -1.17. The van der Waals surface area contributed by atoms with Crippen molar-refractivity contribution in [2.45, 2.75) is 44.8 Å². The molecule has 1 N–H and O–H groups in total. The average Bonchev–Trinajstić information content (AvgIpc) is 2.52. The molecule has 2 rings (SSSR count). The molecule has 0 saturated heterocycles. The summed E-state index contributed by atoms with van der Waals surface area (Å²) in [5, 5.41) is 2.50. The van der Waals surface area contributed by atoms with Gasteiger partial charge in [-0.2, -0.15) is 0 Å². The molecule has 0 aromatic heterocycles. The third-order valence-electron chi connectivity index (χ3n) is 3.58. The molecule has 0 unspecified atom stereocenters. The summed E-state index contributed by atoms with van der Waals surface area (Å²) in [6.07, 6.45) is 3.54. The van der Waals surface area contributed by atoms with Crippen molar-refractivity contribution in [3.05, 3.63) is 34.6 Å². The summed E-state index contributed by atoms with van der Waals surface area (Å²) >= 11 is 0. The zero-order valence-electron chi connectivity index (χ0n) is 11.5. The van der Waals surface area contributed by atoms with Crippen molar-refractivity contribution in [2.75, 3.05) is 0 Å². The third kappa shape index (κ3) is 3.48. The van der Waals surface area contributed by atoms with Gasteiger partial charge in [-0.15, -0.1) is 0 Å². The maximum absolute atomic E-state index is 13.4. The minimum Gasteiger partial charge on any atom is -0.444 e. The first-order chi connectivity index (χ1) is 10.4. The first-order valence-electron chi connectivity index (χ1n) is 6.85. The Balaban J connectivity index is 2.00. The van der Waals surface area contributed by atoms with Gasteiger partial charge in [0.1, 0.15) is 6.61 Å². The normalized spacial score (nSPS) is 15.7. The first kappa shape index (κ1) is 16.5. The molecule has 1 aromatic rings. The summed E-state index contributed by atoms with van der Waals surface area (Å²) in [6.45, 7) is -1.04. The van der Waals surface area contributed by atoms with Crippen molar-refractivity contribution >= 4 is 6.09 Å². The number of hydrogen-bond donors (Lipinski definition) is 1. The second kappa shape index (κ2) is 6.93. The first-order valence-corrected chi connectivity index (χ1v) is 6.85. The van der Waals surface area contributed by atoms with Crippen LogP contribution in [-0.4, -0.2) is 12.1 Å². The second-order valence-corrected chi connectivity index (χ2v) is 5.10. The molecule has 8 heteroatoms. The molecular formula is C14H14F5NO2. The minimum atomic E-state index is -2.24. The van der Waals surface area contributed by atoms with Crippen molar-refractivity contribution in [1.82, 2.24) is 5.32 Å². The van der Waals surface area contributed by atoms with Crippen molar-refractivity contribution in [3.8, 4) is 0 Å². The Labute approximate surface area is 123 Å². The number of amides is 1. The number of alkyl carbamates (subject to hydrolysis) is 1. The second-order valence-electron chi connectivity index (χ2n) is 5.10. The predicted octanol–water partition coefficient (Wildman–Crippen LogP) is 3.94. The van der Waals surface area contributed by atoms with E-state index < -0.39 is 47.3 Å². The van der Waals surface area contributed by atoms with Crippen LogP contribution in [0.2, 0.25) is 0 Å². The van der Waals surface area contributed by atoms with E-state index in [2.05, 4.69) is 10.1 Å². The molecule has 1 aromatic carbocycles. The van der Waals surface area contributed by atoms with E-state index in [9.17, 15) is 26.7 Å². The van der Waals surface area contributed by atoms with Gasteiger partial charge >= 0.3 is 6.09 Å². The van der Waals surface area contributed by atoms with E-state index in [1.165, 1.54) is 0 Å². The predicted molar refractivity (Wildman–Crippen MR) is 66.4 cm³/mol. The smallest absolute Gasteiger partial charge is 0.407 e. The Morgan fingerprint density at radius 2 is 1.41 bits per heavy atom. The molecule has 0 bridgehead atoms. The van der Waals surface area contributed by atoms with Crippen LogP contribution in [0.15, 0.2) is 0 Å². The molecule has 0 atom stereocenters. The Morgan fingerprint density at radius 3 is 1.95 bits per heavy atom. The van der Waals surface area contributed by atoms with Crippen LogP contribution in [0.5, 0.6) is 0 Å². The van der Waals surface area contributed by atoms with Gasteiger partial charge in [-0.25, -0.2) is 26.7 Å². The Bertz CT molecular complexity index is 544. The van der Waals surface area contributed by atoms with Crippen LogP contribution in [0.25, 0.3) is 0 Å². The third-order valence-corrected chi connectivity index (χ3v) is 3.58. The fourth-order valence-electron chi connectivity index (χ4n) is 2.37. The van der Waals surface area contributed by atoms with Gasteiger partial charge in [0.15, 0.2) is 23.3 Å². The molecular weight excluding hydrogens is 309 g/mol. The largest absolute Gasteiger partial charge is 0.444 e. The number of halogens is 5. The molecule has 1 fully saturated rings. The van der Waals surface area contributed by atoms with Crippen molar-refractivity contribution in [2.24, 2.45) is 0 Å². The number of nitrogens with one attached hydrogen (secondary N) is 1. The van der Waals surface area contributed by atoms with Gasteiger partial charge < -0.3 is 10.1 Å². The van der Waals surface area contributed by atoms with Gasteiger partial charge in [0, 0.05) is 6.04 Å². The molecule has 122 valence electrons. The molecule has 0 heterocycles. The fraction of sp³-hybridized carbons (Fsp3) is 0.500. The number of ether oxygens (including phenoxy) is 1. The Morgan fingerprint density at radius 1 is 0.909 bits per heavy atom. The molecule has 1 aliphatic rings. The van der Waals surface area contributed by atoms with E-state index in [1.807, 2.05) is 0 Å². The van der Waals surface area contributed by atoms with Gasteiger partial charge in [-0.3, -0.25) is 0 Å². The highest BCUT2D eigenvalue weighted by Gasteiger charge is 2.26. The van der Waals surface area contributed by atoms with Crippen molar-refractivity contribution in [1.29, 1.82) is 0 Å². The van der Waals surface area contributed by atoms with Gasteiger partial charge in [-0.1, -0.05) is 19.3 Å². The van der Waals surface area contributed by atoms with Crippen molar-refractivity contribution in [3.63, 3.8) is 0 Å². The average molecular weight is 323 g/mol. The minimum absolute atomic E-state index is 0.0994. The highest BCUT2D eigenvalue weighted by Crippen LogP contribution is 2.23. The summed E-state index contributed by atoms with van der Waals surface area (Å²) in [6, 6.07) is -0.0994. The molecule has 1 aliphatic carbocycles. The Kier molecular flexibility index (Phi) is 5.20. The molecule has 0 radical (unpaired) electrons. The number of carbonyl (C=O) groups is 1. The lowest BCUT2D eigenvalue weighted by Crippen LogP contribution is -2.36. The lowest BCUT2D eigenvalue weighted by Gasteiger charge is -2.22. The zero-order chi connectivity index (χ0) is 16.3. The highest BCUT2D eigenvalue weighted by atomic mass is 19.2. The van der Waals surface area contributed by atoms with Crippen LogP contribution in [0.3, 0.4) is 0 Å². The maximum atomic E-state index is 13.4. The Hall–Kier alpha value is -1.86. The van der Waals surface area contributed by atoms with E-state index in [4.69, 9.17) is 0 Å². The van der Waals surface area contributed by atoms with Gasteiger partial charge in [0.2, 0.25) is 5.82 Å². The number of hydrogen-bond acceptors (Lipinski definition) is 2. The topological polar surface area (TPSA) is 38.3 Å². The quantitative estimate of drug-likeness (QED) is 0.520. The van der Waals surface area contributed by atoms with Crippen LogP contribution in [-0.2, 0) is 11.3 Å². The molecule has 1 saturated carbocycles. The number of rotatable bonds is 3. The number of carbonyl (C=O) groups excluding carboxylic acids is 1. The monoisotopic (exact) mass is 323 g/mol. The van der Waals surface area contributed by atoms with E-state index >= 15 is 0 Å². The van der Waals surface area contributed by atoms with Crippen molar-refractivity contribution < 1.29 is 31.5 Å². The van der Waals surface area contributed by atoms with Crippen LogP contribution in [0.4, 0.5) is 26.7 Å². The van der Waals surface area contributed by atoms with E-state index in [1.54, 1.807) is 0 Å². The van der Waals surface area contributed by atoms with Gasteiger partial charge in [-0.05, 0) is 12.8 Å². The fourth-order valence-corrected chi connectivity index (χ4v) is 2.37. The summed E-state index contributed by atoms with van der Waals surface area (Å²) < 4.78 is 70.1.